The van der Waals surface area contributed by atoms with Gasteiger partial charge in [0.05, 0.1) is 0 Å². The van der Waals surface area contributed by atoms with Crippen molar-refractivity contribution in [1.29, 1.82) is 0 Å². The molecule has 1 heterocycles. The first-order valence-corrected chi connectivity index (χ1v) is 5.56. The van der Waals surface area contributed by atoms with Crippen LogP contribution in [-0.2, 0) is 17.2 Å². The lowest BCUT2D eigenvalue weighted by atomic mass is 10.2. The summed E-state index contributed by atoms with van der Waals surface area (Å²) in [6.45, 7) is 0. The summed E-state index contributed by atoms with van der Waals surface area (Å²) in [5.74, 6) is -0.449. The Morgan fingerprint density at radius 2 is 2.00 bits per heavy atom. The van der Waals surface area contributed by atoms with E-state index in [2.05, 4.69) is 0 Å². The van der Waals surface area contributed by atoms with E-state index in [-0.39, 0.29) is 5.03 Å². The van der Waals surface area contributed by atoms with Gasteiger partial charge in [0.25, 0.3) is 0 Å². The lowest BCUT2D eigenvalue weighted by Crippen LogP contribution is -2.04. The summed E-state index contributed by atoms with van der Waals surface area (Å²) in [7, 11) is -2.78. The standard InChI is InChI=1S/C9H8FNO3S/c1-11-8-3-2-7(10)4-6(8)5-9(11)15(12,13)14/h2-5H,1H3,(H,12,13,14). The molecule has 4 nitrogen and oxygen atoms in total. The largest absolute Gasteiger partial charge is 0.333 e. The lowest BCUT2D eigenvalue weighted by Gasteiger charge is -1.99. The Kier molecular flexibility index (Phi) is 2.06. The summed E-state index contributed by atoms with van der Waals surface area (Å²) in [5, 5.41) is 0.188. The number of fused-ring (bicyclic) bond motifs is 1. The van der Waals surface area contributed by atoms with Crippen molar-refractivity contribution >= 4 is 21.0 Å². The summed E-state index contributed by atoms with van der Waals surface area (Å²) in [6, 6.07) is 5.13. The normalized spacial score (nSPS) is 12.2. The Bertz CT molecular complexity index is 630. The molecule has 0 unspecified atom stereocenters. The second kappa shape index (κ2) is 3.04. The zero-order valence-corrected chi connectivity index (χ0v) is 8.62. The van der Waals surface area contributed by atoms with E-state index in [1.807, 2.05) is 0 Å². The van der Waals surface area contributed by atoms with Crippen LogP contribution in [0.3, 0.4) is 0 Å². The summed E-state index contributed by atoms with van der Waals surface area (Å²) in [6.07, 6.45) is 0. The molecular weight excluding hydrogens is 221 g/mol. The average molecular weight is 229 g/mol. The molecule has 0 aliphatic heterocycles. The fraction of sp³-hybridized carbons (Fsp3) is 0.111. The Morgan fingerprint density at radius 1 is 1.33 bits per heavy atom. The van der Waals surface area contributed by atoms with Crippen LogP contribution >= 0.6 is 0 Å². The highest BCUT2D eigenvalue weighted by Crippen LogP contribution is 2.22. The summed E-state index contributed by atoms with van der Waals surface area (Å²) in [5.41, 5.74) is 0.545. The molecule has 1 aromatic carbocycles. The number of nitrogens with zero attached hydrogens (tertiary/aromatic N) is 1. The van der Waals surface area contributed by atoms with Crippen LogP contribution in [-0.4, -0.2) is 17.5 Å². The highest BCUT2D eigenvalue weighted by atomic mass is 32.2. The van der Waals surface area contributed by atoms with Crippen molar-refractivity contribution < 1.29 is 17.4 Å². The van der Waals surface area contributed by atoms with Gasteiger partial charge in [0.15, 0.2) is 5.03 Å². The molecule has 0 fully saturated rings. The lowest BCUT2D eigenvalue weighted by molar-refractivity contribution is 0.475. The molecular formula is C9H8FNO3S. The van der Waals surface area contributed by atoms with E-state index in [1.54, 1.807) is 0 Å². The predicted octanol–water partition coefficient (Wildman–Crippen LogP) is 1.56. The van der Waals surface area contributed by atoms with Crippen LogP contribution in [0.1, 0.15) is 0 Å². The Hall–Kier alpha value is -1.40. The molecule has 0 radical (unpaired) electrons. The molecule has 0 bridgehead atoms. The fourth-order valence-corrected chi connectivity index (χ4v) is 2.26. The van der Waals surface area contributed by atoms with Crippen LogP contribution in [0.2, 0.25) is 0 Å². The van der Waals surface area contributed by atoms with Gasteiger partial charge in [-0.1, -0.05) is 0 Å². The molecule has 0 saturated carbocycles. The highest BCUT2D eigenvalue weighted by molar-refractivity contribution is 7.85. The number of aromatic nitrogens is 1. The van der Waals surface area contributed by atoms with E-state index in [0.29, 0.717) is 10.9 Å². The minimum atomic E-state index is -4.27. The van der Waals surface area contributed by atoms with Gasteiger partial charge in [-0.15, -0.1) is 0 Å². The number of hydrogen-bond donors (Lipinski definition) is 1. The van der Waals surface area contributed by atoms with E-state index in [4.69, 9.17) is 4.55 Å². The number of aryl methyl sites for hydroxylation is 1. The molecule has 0 aliphatic carbocycles. The monoisotopic (exact) mass is 229 g/mol. The zero-order valence-electron chi connectivity index (χ0n) is 7.81. The molecule has 2 aromatic rings. The topological polar surface area (TPSA) is 59.3 Å². The number of rotatable bonds is 1. The number of benzene rings is 1. The van der Waals surface area contributed by atoms with Gasteiger partial charge in [-0.3, -0.25) is 4.55 Å². The van der Waals surface area contributed by atoms with E-state index >= 15 is 0 Å². The van der Waals surface area contributed by atoms with Crippen LogP contribution in [0.5, 0.6) is 0 Å². The zero-order chi connectivity index (χ0) is 11.2. The van der Waals surface area contributed by atoms with E-state index < -0.39 is 15.9 Å². The van der Waals surface area contributed by atoms with Crippen LogP contribution in [0, 0.1) is 5.82 Å². The average Bonchev–Trinajstić information content (AvgIpc) is 2.42. The first kappa shape index (κ1) is 10.1. The van der Waals surface area contributed by atoms with Gasteiger partial charge in [-0.05, 0) is 24.3 Å². The van der Waals surface area contributed by atoms with Gasteiger partial charge < -0.3 is 4.57 Å². The molecule has 0 spiro atoms. The van der Waals surface area contributed by atoms with Crippen LogP contribution in [0.15, 0.2) is 29.3 Å². The molecule has 15 heavy (non-hydrogen) atoms. The van der Waals surface area contributed by atoms with Crippen molar-refractivity contribution in [3.63, 3.8) is 0 Å². The van der Waals surface area contributed by atoms with Gasteiger partial charge in [0.2, 0.25) is 0 Å². The SMILES string of the molecule is Cn1c(S(=O)(=O)O)cc2cc(F)ccc21. The number of halogens is 1. The Morgan fingerprint density at radius 3 is 2.60 bits per heavy atom. The van der Waals surface area contributed by atoms with Crippen molar-refractivity contribution in [2.24, 2.45) is 7.05 Å². The molecule has 0 aliphatic rings. The van der Waals surface area contributed by atoms with Gasteiger partial charge in [0.1, 0.15) is 5.82 Å². The maximum absolute atomic E-state index is 12.9. The van der Waals surface area contributed by atoms with Crippen LogP contribution in [0.4, 0.5) is 4.39 Å². The second-order valence-electron chi connectivity index (χ2n) is 3.22. The second-order valence-corrected chi connectivity index (χ2v) is 4.59. The highest BCUT2D eigenvalue weighted by Gasteiger charge is 2.16. The Balaban J connectivity index is 2.87. The Labute approximate surface area is 85.7 Å². The summed E-state index contributed by atoms with van der Waals surface area (Å²) < 4.78 is 44.9. The van der Waals surface area contributed by atoms with Crippen LogP contribution < -0.4 is 0 Å². The first-order chi connectivity index (χ1) is 6.89. The van der Waals surface area contributed by atoms with E-state index in [9.17, 15) is 12.8 Å². The maximum atomic E-state index is 12.9. The van der Waals surface area contributed by atoms with Crippen molar-refractivity contribution in [3.05, 3.63) is 30.1 Å². The smallest absolute Gasteiger partial charge is 0.310 e. The van der Waals surface area contributed by atoms with Gasteiger partial charge in [-0.2, -0.15) is 8.42 Å². The summed E-state index contributed by atoms with van der Waals surface area (Å²) >= 11 is 0. The molecule has 0 atom stereocenters. The summed E-state index contributed by atoms with van der Waals surface area (Å²) in [4.78, 5) is 0. The minimum absolute atomic E-state index is 0.247. The molecule has 6 heteroatoms. The predicted molar refractivity (Wildman–Crippen MR) is 52.7 cm³/mol. The first-order valence-electron chi connectivity index (χ1n) is 4.12. The molecule has 0 saturated heterocycles. The van der Waals surface area contributed by atoms with Crippen LogP contribution in [0.25, 0.3) is 10.9 Å². The molecule has 0 amide bonds. The van der Waals surface area contributed by atoms with Crippen molar-refractivity contribution in [2.45, 2.75) is 5.03 Å². The fourth-order valence-electron chi connectivity index (χ4n) is 1.54. The van der Waals surface area contributed by atoms with Crippen molar-refractivity contribution in [1.82, 2.24) is 4.57 Å². The van der Waals surface area contributed by atoms with Crippen molar-refractivity contribution in [2.75, 3.05) is 0 Å². The van der Waals surface area contributed by atoms with E-state index in [0.717, 1.165) is 0 Å². The van der Waals surface area contributed by atoms with Gasteiger partial charge >= 0.3 is 10.1 Å². The molecule has 1 aromatic heterocycles. The molecule has 2 rings (SSSR count). The maximum Gasteiger partial charge on any atom is 0.310 e. The quantitative estimate of drug-likeness (QED) is 0.755. The third-order valence-electron chi connectivity index (χ3n) is 2.22. The molecule has 80 valence electrons. The van der Waals surface area contributed by atoms with Gasteiger partial charge in [-0.25, -0.2) is 4.39 Å². The molecule has 1 N–H and O–H groups in total. The number of hydrogen-bond acceptors (Lipinski definition) is 2. The third kappa shape index (κ3) is 1.62. The van der Waals surface area contributed by atoms with Crippen molar-refractivity contribution in [3.8, 4) is 0 Å². The third-order valence-corrected chi connectivity index (χ3v) is 3.15. The van der Waals surface area contributed by atoms with Gasteiger partial charge in [0, 0.05) is 18.0 Å². The van der Waals surface area contributed by atoms with E-state index in [1.165, 1.54) is 35.9 Å². The minimum Gasteiger partial charge on any atom is -0.333 e.